The maximum atomic E-state index is 14.0. The number of benzene rings is 2. The number of fused-ring (bicyclic) bond motifs is 3. The van der Waals surface area contributed by atoms with E-state index in [4.69, 9.17) is 11.6 Å². The van der Waals surface area contributed by atoms with Gasteiger partial charge in [0.15, 0.2) is 4.96 Å². The predicted molar refractivity (Wildman–Crippen MR) is 138 cm³/mol. The molecular weight excluding hydrogens is 480 g/mol. The minimum atomic E-state index is -0.150. The first-order chi connectivity index (χ1) is 17.0. The average Bonchev–Trinajstić information content (AvgIpc) is 3.63. The number of hydrogen-bond acceptors (Lipinski definition) is 4. The second kappa shape index (κ2) is 8.81. The fraction of sp³-hybridized carbons (Fsp3) is 0.296. The third kappa shape index (κ3) is 3.83. The van der Waals surface area contributed by atoms with E-state index in [9.17, 15) is 9.59 Å². The first-order valence-corrected chi connectivity index (χ1v) is 13.1. The van der Waals surface area contributed by atoms with Crippen molar-refractivity contribution in [3.05, 3.63) is 82.1 Å². The van der Waals surface area contributed by atoms with Gasteiger partial charge in [-0.05, 0) is 61.4 Å². The molecule has 1 aliphatic heterocycles. The van der Waals surface area contributed by atoms with E-state index in [1.807, 2.05) is 76.3 Å². The van der Waals surface area contributed by atoms with Crippen molar-refractivity contribution in [2.45, 2.75) is 38.3 Å². The molecule has 6 rings (SSSR count). The number of thiazole rings is 1. The Bertz CT molecular complexity index is 1440. The van der Waals surface area contributed by atoms with E-state index in [-0.39, 0.29) is 23.9 Å². The summed E-state index contributed by atoms with van der Waals surface area (Å²) in [4.78, 5) is 34.4. The molecule has 178 valence electrons. The number of rotatable bonds is 5. The molecule has 0 unspecified atom stereocenters. The van der Waals surface area contributed by atoms with Crippen LogP contribution in [0.4, 0.5) is 0 Å². The van der Waals surface area contributed by atoms with Gasteiger partial charge in [-0.3, -0.25) is 14.0 Å². The quantitative estimate of drug-likeness (QED) is 0.393. The molecule has 0 spiro atoms. The molecule has 2 aliphatic rings. The van der Waals surface area contributed by atoms with Gasteiger partial charge in [-0.2, -0.15) is 0 Å². The third-order valence-electron chi connectivity index (χ3n) is 7.39. The van der Waals surface area contributed by atoms with Crippen LogP contribution < -0.4 is 5.32 Å². The lowest BCUT2D eigenvalue weighted by Crippen LogP contribution is -2.50. The van der Waals surface area contributed by atoms with E-state index in [0.717, 1.165) is 35.4 Å². The number of hydrogen-bond donors (Lipinski definition) is 1. The van der Waals surface area contributed by atoms with Gasteiger partial charge in [-0.15, -0.1) is 11.3 Å². The van der Waals surface area contributed by atoms with Crippen LogP contribution in [0.3, 0.4) is 0 Å². The van der Waals surface area contributed by atoms with E-state index < -0.39 is 0 Å². The Balaban J connectivity index is 1.27. The van der Waals surface area contributed by atoms with Crippen LogP contribution in [0.5, 0.6) is 0 Å². The van der Waals surface area contributed by atoms with Gasteiger partial charge in [0.05, 0.1) is 11.7 Å². The maximum absolute atomic E-state index is 14.0. The lowest BCUT2D eigenvalue weighted by atomic mass is 9.95. The predicted octanol–water partition coefficient (Wildman–Crippen LogP) is 5.45. The van der Waals surface area contributed by atoms with E-state index in [1.165, 1.54) is 11.3 Å². The molecule has 8 heteroatoms. The molecular formula is C27H25ClN4O2S. The number of nitrogens with one attached hydrogen (secondary N) is 1. The van der Waals surface area contributed by atoms with Gasteiger partial charge in [0.1, 0.15) is 5.69 Å². The number of piperidine rings is 1. The van der Waals surface area contributed by atoms with Crippen molar-refractivity contribution in [2.24, 2.45) is 5.92 Å². The van der Waals surface area contributed by atoms with Crippen molar-refractivity contribution in [1.29, 1.82) is 0 Å². The van der Waals surface area contributed by atoms with Crippen molar-refractivity contribution in [3.8, 4) is 11.1 Å². The Morgan fingerprint density at radius 3 is 2.89 bits per heavy atom. The summed E-state index contributed by atoms with van der Waals surface area (Å²) in [7, 11) is 0. The molecule has 1 N–H and O–H groups in total. The highest BCUT2D eigenvalue weighted by atomic mass is 35.5. The zero-order valence-corrected chi connectivity index (χ0v) is 20.9. The van der Waals surface area contributed by atoms with Crippen molar-refractivity contribution in [1.82, 2.24) is 19.6 Å². The molecule has 1 saturated carbocycles. The molecule has 1 aliphatic carbocycles. The maximum Gasteiger partial charge on any atom is 0.270 e. The Morgan fingerprint density at radius 2 is 2.03 bits per heavy atom. The second-order valence-electron chi connectivity index (χ2n) is 9.37. The number of likely N-dealkylation sites (tertiary alicyclic amines) is 1. The normalized spacial score (nSPS) is 21.1. The van der Waals surface area contributed by atoms with E-state index in [0.29, 0.717) is 34.4 Å². The topological polar surface area (TPSA) is 66.7 Å². The van der Waals surface area contributed by atoms with E-state index >= 15 is 0 Å². The van der Waals surface area contributed by atoms with Crippen LogP contribution in [-0.2, 0) is 0 Å². The molecule has 4 aromatic rings. The zero-order valence-electron chi connectivity index (χ0n) is 19.3. The second-order valence-corrected chi connectivity index (χ2v) is 10.7. The Morgan fingerprint density at radius 1 is 1.17 bits per heavy atom. The Hall–Kier alpha value is -3.16. The molecule has 6 nitrogen and oxygen atoms in total. The smallest absolute Gasteiger partial charge is 0.270 e. The molecule has 2 amide bonds. The zero-order chi connectivity index (χ0) is 24.1. The molecule has 2 aromatic carbocycles. The van der Waals surface area contributed by atoms with Gasteiger partial charge < -0.3 is 10.2 Å². The number of imidazole rings is 1. The lowest BCUT2D eigenvalue weighted by molar-refractivity contribution is 0.0582. The first kappa shape index (κ1) is 22.3. The summed E-state index contributed by atoms with van der Waals surface area (Å²) in [5.74, 6) is 0.269. The molecule has 2 bridgehead atoms. The van der Waals surface area contributed by atoms with Crippen LogP contribution in [-0.4, -0.2) is 44.7 Å². The van der Waals surface area contributed by atoms with Gasteiger partial charge in [-0.25, -0.2) is 4.98 Å². The van der Waals surface area contributed by atoms with Crippen LogP contribution in [0.2, 0.25) is 5.02 Å². The highest BCUT2D eigenvalue weighted by Gasteiger charge is 2.48. The van der Waals surface area contributed by atoms with E-state index in [2.05, 4.69) is 10.3 Å². The SMILES string of the molecule is Cc1nc2sccn2c1C(=O)NC[C@@H]1[C@H]2CC[C@H](C2)N1C(=O)c1ccccc1-c1cccc(Cl)c1. The van der Waals surface area contributed by atoms with Gasteiger partial charge in [0, 0.05) is 34.7 Å². The van der Waals surface area contributed by atoms with Crippen molar-refractivity contribution < 1.29 is 9.59 Å². The monoisotopic (exact) mass is 504 g/mol. The number of carbonyl (C=O) groups is 2. The average molecular weight is 505 g/mol. The Labute approximate surface area is 212 Å². The summed E-state index contributed by atoms with van der Waals surface area (Å²) >= 11 is 7.75. The first-order valence-electron chi connectivity index (χ1n) is 11.9. The molecule has 3 atom stereocenters. The summed E-state index contributed by atoms with van der Waals surface area (Å²) in [6.07, 6.45) is 4.96. The minimum absolute atomic E-state index is 0.0211. The molecule has 2 aromatic heterocycles. The minimum Gasteiger partial charge on any atom is -0.349 e. The molecule has 2 fully saturated rings. The standard InChI is InChI=1S/C27H25ClN4O2S/c1-16-24(31-11-12-35-27(31)30-16)25(33)29-15-23-18-9-10-20(14-18)32(23)26(34)22-8-3-2-7-21(22)17-5-4-6-19(28)13-17/h2-8,11-13,18,20,23H,9-10,14-15H2,1H3,(H,29,33)/t18-,20+,23+/m0/s1. The fourth-order valence-electron chi connectivity index (χ4n) is 5.84. The largest absolute Gasteiger partial charge is 0.349 e. The van der Waals surface area contributed by atoms with Crippen LogP contribution >= 0.6 is 22.9 Å². The van der Waals surface area contributed by atoms with Crippen molar-refractivity contribution in [3.63, 3.8) is 0 Å². The van der Waals surface area contributed by atoms with Crippen LogP contribution in [0.15, 0.2) is 60.1 Å². The van der Waals surface area contributed by atoms with Crippen LogP contribution in [0.25, 0.3) is 16.1 Å². The van der Waals surface area contributed by atoms with Gasteiger partial charge >= 0.3 is 0 Å². The number of nitrogens with zero attached hydrogens (tertiary/aromatic N) is 3. The fourth-order valence-corrected chi connectivity index (χ4v) is 6.79. The summed E-state index contributed by atoms with van der Waals surface area (Å²) in [5.41, 5.74) is 3.75. The highest BCUT2D eigenvalue weighted by Crippen LogP contribution is 2.43. The number of aryl methyl sites for hydroxylation is 1. The van der Waals surface area contributed by atoms with Crippen LogP contribution in [0, 0.1) is 12.8 Å². The van der Waals surface area contributed by atoms with Crippen molar-refractivity contribution >= 4 is 39.7 Å². The summed E-state index contributed by atoms with van der Waals surface area (Å²) in [6, 6.07) is 15.5. The summed E-state index contributed by atoms with van der Waals surface area (Å²) in [5, 5.41) is 5.68. The lowest BCUT2D eigenvalue weighted by Gasteiger charge is -2.36. The van der Waals surface area contributed by atoms with Crippen LogP contribution in [0.1, 0.15) is 45.8 Å². The molecule has 3 heterocycles. The highest BCUT2D eigenvalue weighted by molar-refractivity contribution is 7.15. The van der Waals surface area contributed by atoms with Gasteiger partial charge in [-0.1, -0.05) is 41.9 Å². The van der Waals surface area contributed by atoms with E-state index in [1.54, 1.807) is 0 Å². The molecule has 35 heavy (non-hydrogen) atoms. The van der Waals surface area contributed by atoms with Crippen molar-refractivity contribution in [2.75, 3.05) is 6.54 Å². The van der Waals surface area contributed by atoms with Gasteiger partial charge in [0.2, 0.25) is 0 Å². The summed E-state index contributed by atoms with van der Waals surface area (Å²) in [6.45, 7) is 2.29. The number of halogens is 1. The number of aromatic nitrogens is 2. The number of amides is 2. The summed E-state index contributed by atoms with van der Waals surface area (Å²) < 4.78 is 1.83. The molecule has 0 radical (unpaired) electrons. The number of carbonyl (C=O) groups excluding carboxylic acids is 2. The third-order valence-corrected chi connectivity index (χ3v) is 8.38. The van der Waals surface area contributed by atoms with Gasteiger partial charge in [0.25, 0.3) is 11.8 Å². The molecule has 1 saturated heterocycles. The Kier molecular flexibility index (Phi) is 5.61.